The van der Waals surface area contributed by atoms with Crippen LogP contribution in [0.5, 0.6) is 11.5 Å². The number of unbranched alkanes of at least 4 members (excludes halogenated alkanes) is 2. The van der Waals surface area contributed by atoms with Gasteiger partial charge < -0.3 is 13.9 Å². The third kappa shape index (κ3) is 4.00. The fourth-order valence-electron chi connectivity index (χ4n) is 3.37. The lowest BCUT2D eigenvalue weighted by molar-refractivity contribution is 0.295. The van der Waals surface area contributed by atoms with Gasteiger partial charge in [0, 0.05) is 17.7 Å². The van der Waals surface area contributed by atoms with Gasteiger partial charge in [0.15, 0.2) is 0 Å². The summed E-state index contributed by atoms with van der Waals surface area (Å²) >= 11 is 0. The largest absolute Gasteiger partial charge is 0.493 e. The Balaban J connectivity index is 2.06. The van der Waals surface area contributed by atoms with E-state index < -0.39 is 0 Å². The third-order valence-corrected chi connectivity index (χ3v) is 4.78. The van der Waals surface area contributed by atoms with Gasteiger partial charge in [0.1, 0.15) is 17.1 Å². The fourth-order valence-corrected chi connectivity index (χ4v) is 3.37. The maximum absolute atomic E-state index is 12.4. The summed E-state index contributed by atoms with van der Waals surface area (Å²) in [6.45, 7) is 5.60. The molecule has 0 aliphatic heterocycles. The third-order valence-electron chi connectivity index (χ3n) is 4.78. The monoisotopic (exact) mass is 344 g/mol. The second kappa shape index (κ2) is 8.41. The van der Waals surface area contributed by atoms with E-state index in [1.807, 2.05) is 12.1 Å². The normalized spacial score (nSPS) is 13.7. The van der Waals surface area contributed by atoms with Gasteiger partial charge in [0.05, 0.1) is 18.6 Å². The molecule has 0 atom stereocenters. The Morgan fingerprint density at radius 2 is 1.64 bits per heavy atom. The SMILES string of the molecule is CCCCOc1cc(OCCCC)c2c3c(c(=O)oc2c1)CCCC3. The van der Waals surface area contributed by atoms with Crippen molar-refractivity contribution in [1.29, 1.82) is 0 Å². The van der Waals surface area contributed by atoms with E-state index in [-0.39, 0.29) is 5.63 Å². The highest BCUT2D eigenvalue weighted by Crippen LogP contribution is 2.37. The summed E-state index contributed by atoms with van der Waals surface area (Å²) in [7, 11) is 0. The molecule has 0 bridgehead atoms. The zero-order valence-corrected chi connectivity index (χ0v) is 15.4. The molecule has 25 heavy (non-hydrogen) atoms. The van der Waals surface area contributed by atoms with E-state index in [4.69, 9.17) is 13.9 Å². The molecule has 0 saturated heterocycles. The van der Waals surface area contributed by atoms with Crippen LogP contribution in [-0.2, 0) is 12.8 Å². The summed E-state index contributed by atoms with van der Waals surface area (Å²) in [6, 6.07) is 3.80. The molecule has 0 spiro atoms. The lowest BCUT2D eigenvalue weighted by Crippen LogP contribution is -2.16. The topological polar surface area (TPSA) is 48.7 Å². The van der Waals surface area contributed by atoms with Crippen molar-refractivity contribution in [2.75, 3.05) is 13.2 Å². The Bertz CT molecular complexity index is 776. The van der Waals surface area contributed by atoms with Crippen LogP contribution in [0.3, 0.4) is 0 Å². The molecule has 0 radical (unpaired) electrons. The molecule has 4 nitrogen and oxygen atoms in total. The first-order valence-corrected chi connectivity index (χ1v) is 9.62. The highest BCUT2D eigenvalue weighted by Gasteiger charge is 2.21. The summed E-state index contributed by atoms with van der Waals surface area (Å²) in [5.74, 6) is 1.51. The molecular weight excluding hydrogens is 316 g/mol. The van der Waals surface area contributed by atoms with Gasteiger partial charge >= 0.3 is 5.63 Å². The van der Waals surface area contributed by atoms with Crippen LogP contribution in [0.4, 0.5) is 0 Å². The number of hydrogen-bond donors (Lipinski definition) is 0. The maximum atomic E-state index is 12.4. The molecule has 0 N–H and O–H groups in total. The summed E-state index contributed by atoms with van der Waals surface area (Å²) in [4.78, 5) is 12.4. The summed E-state index contributed by atoms with van der Waals surface area (Å²) in [6.07, 6.45) is 8.03. The molecule has 136 valence electrons. The van der Waals surface area contributed by atoms with Crippen molar-refractivity contribution in [3.63, 3.8) is 0 Å². The van der Waals surface area contributed by atoms with Crippen LogP contribution in [0.1, 0.15) is 63.5 Å². The highest BCUT2D eigenvalue weighted by molar-refractivity contribution is 5.89. The quantitative estimate of drug-likeness (QED) is 0.498. The van der Waals surface area contributed by atoms with Gasteiger partial charge in [-0.05, 0) is 44.1 Å². The second-order valence-corrected chi connectivity index (χ2v) is 6.75. The van der Waals surface area contributed by atoms with Crippen molar-refractivity contribution in [3.05, 3.63) is 33.7 Å². The van der Waals surface area contributed by atoms with E-state index in [0.717, 1.165) is 73.6 Å². The van der Waals surface area contributed by atoms with Crippen LogP contribution in [0.2, 0.25) is 0 Å². The molecule has 0 amide bonds. The minimum atomic E-state index is -0.201. The second-order valence-electron chi connectivity index (χ2n) is 6.75. The van der Waals surface area contributed by atoms with Crippen LogP contribution >= 0.6 is 0 Å². The van der Waals surface area contributed by atoms with Gasteiger partial charge in [-0.25, -0.2) is 4.79 Å². The van der Waals surface area contributed by atoms with Gasteiger partial charge in [0.25, 0.3) is 0 Å². The van der Waals surface area contributed by atoms with E-state index >= 15 is 0 Å². The number of rotatable bonds is 8. The Morgan fingerprint density at radius 3 is 2.36 bits per heavy atom. The van der Waals surface area contributed by atoms with Gasteiger partial charge in [-0.2, -0.15) is 0 Å². The van der Waals surface area contributed by atoms with Crippen LogP contribution < -0.4 is 15.1 Å². The molecule has 2 aromatic rings. The summed E-state index contributed by atoms with van der Waals surface area (Å²) in [5, 5.41) is 0.966. The van der Waals surface area contributed by atoms with E-state index in [9.17, 15) is 4.79 Å². The van der Waals surface area contributed by atoms with Crippen molar-refractivity contribution in [1.82, 2.24) is 0 Å². The Morgan fingerprint density at radius 1 is 0.960 bits per heavy atom. The van der Waals surface area contributed by atoms with Crippen LogP contribution in [-0.4, -0.2) is 13.2 Å². The average Bonchev–Trinajstić information content (AvgIpc) is 2.62. The minimum Gasteiger partial charge on any atom is -0.493 e. The number of aryl methyl sites for hydroxylation is 1. The van der Waals surface area contributed by atoms with Crippen LogP contribution in [0.15, 0.2) is 21.3 Å². The predicted octanol–water partition coefficient (Wildman–Crippen LogP) is 5.03. The van der Waals surface area contributed by atoms with Crippen molar-refractivity contribution >= 4 is 11.0 Å². The number of fused-ring (bicyclic) bond motifs is 3. The van der Waals surface area contributed by atoms with Gasteiger partial charge in [-0.1, -0.05) is 26.7 Å². The molecule has 1 aromatic carbocycles. The molecule has 1 aliphatic rings. The van der Waals surface area contributed by atoms with E-state index in [2.05, 4.69) is 13.8 Å². The van der Waals surface area contributed by atoms with E-state index in [1.54, 1.807) is 0 Å². The van der Waals surface area contributed by atoms with Gasteiger partial charge in [-0.15, -0.1) is 0 Å². The van der Waals surface area contributed by atoms with E-state index in [1.165, 1.54) is 0 Å². The van der Waals surface area contributed by atoms with Crippen LogP contribution in [0, 0.1) is 0 Å². The zero-order chi connectivity index (χ0) is 17.6. The van der Waals surface area contributed by atoms with Crippen molar-refractivity contribution in [2.24, 2.45) is 0 Å². The first-order valence-electron chi connectivity index (χ1n) is 9.62. The fraction of sp³-hybridized carbons (Fsp3) is 0.571. The molecule has 0 unspecified atom stereocenters. The van der Waals surface area contributed by atoms with Crippen molar-refractivity contribution < 1.29 is 13.9 Å². The number of hydrogen-bond acceptors (Lipinski definition) is 4. The van der Waals surface area contributed by atoms with Gasteiger partial charge in [0.2, 0.25) is 0 Å². The van der Waals surface area contributed by atoms with Gasteiger partial charge in [-0.3, -0.25) is 0 Å². The lowest BCUT2D eigenvalue weighted by atomic mass is 9.90. The summed E-state index contributed by atoms with van der Waals surface area (Å²) < 4.78 is 17.6. The molecule has 1 aromatic heterocycles. The number of ether oxygens (including phenoxy) is 2. The Labute approximate surface area is 149 Å². The smallest absolute Gasteiger partial charge is 0.339 e. The molecule has 0 fully saturated rings. The van der Waals surface area contributed by atoms with Crippen molar-refractivity contribution in [3.8, 4) is 11.5 Å². The zero-order valence-electron chi connectivity index (χ0n) is 15.4. The Kier molecular flexibility index (Phi) is 6.00. The van der Waals surface area contributed by atoms with Crippen LogP contribution in [0.25, 0.3) is 11.0 Å². The molecule has 1 heterocycles. The molecule has 0 saturated carbocycles. The minimum absolute atomic E-state index is 0.201. The number of benzene rings is 1. The standard InChI is InChI=1S/C21H28O4/c1-3-5-11-23-15-13-18(24-12-6-4-2)20-16-9-7-8-10-17(16)21(22)25-19(20)14-15/h13-14H,3-12H2,1-2H3. The molecule has 1 aliphatic carbocycles. The molecular formula is C21H28O4. The lowest BCUT2D eigenvalue weighted by Gasteiger charge is -2.19. The first kappa shape index (κ1) is 17.8. The summed E-state index contributed by atoms with van der Waals surface area (Å²) in [5.41, 5.74) is 2.33. The molecule has 3 rings (SSSR count). The maximum Gasteiger partial charge on any atom is 0.339 e. The van der Waals surface area contributed by atoms with E-state index in [0.29, 0.717) is 24.5 Å². The highest BCUT2D eigenvalue weighted by atomic mass is 16.5. The Hall–Kier alpha value is -1.97. The predicted molar refractivity (Wildman–Crippen MR) is 99.9 cm³/mol. The average molecular weight is 344 g/mol. The van der Waals surface area contributed by atoms with Crippen molar-refractivity contribution in [2.45, 2.75) is 65.2 Å². The first-order chi connectivity index (χ1) is 12.2. The molecule has 4 heteroatoms.